The van der Waals surface area contributed by atoms with Gasteiger partial charge in [-0.25, -0.2) is 8.42 Å². The second kappa shape index (κ2) is 6.45. The van der Waals surface area contributed by atoms with Gasteiger partial charge in [0, 0.05) is 11.9 Å². The van der Waals surface area contributed by atoms with Crippen molar-refractivity contribution in [1.29, 1.82) is 0 Å². The van der Waals surface area contributed by atoms with Gasteiger partial charge in [-0.05, 0) is 36.4 Å². The first-order chi connectivity index (χ1) is 12.1. The van der Waals surface area contributed by atoms with Crippen molar-refractivity contribution in [3.05, 3.63) is 54.1 Å². The molecule has 3 aromatic rings. The average molecular weight is 383 g/mol. The zero-order chi connectivity index (χ0) is 18.9. The van der Waals surface area contributed by atoms with Gasteiger partial charge < -0.3 is 9.73 Å². The monoisotopic (exact) mass is 383 g/mol. The first-order valence-corrected chi connectivity index (χ1v) is 9.11. The summed E-state index contributed by atoms with van der Waals surface area (Å²) in [6.45, 7) is 0. The number of nitrogens with zero attached hydrogens (tertiary/aromatic N) is 2. The van der Waals surface area contributed by atoms with E-state index < -0.39 is 26.8 Å². The van der Waals surface area contributed by atoms with Crippen LogP contribution in [0.2, 0.25) is 0 Å². The molecule has 1 N–H and O–H groups in total. The van der Waals surface area contributed by atoms with E-state index in [2.05, 4.69) is 15.5 Å². The molecule has 0 aliphatic carbocycles. The normalized spacial score (nSPS) is 12.2. The highest BCUT2D eigenvalue weighted by Gasteiger charge is 2.30. The summed E-state index contributed by atoms with van der Waals surface area (Å²) < 4.78 is 66.0. The molecule has 1 aromatic heterocycles. The highest BCUT2D eigenvalue weighted by atomic mass is 32.2. The lowest BCUT2D eigenvalue weighted by Gasteiger charge is -2.11. The number of hydrogen-bond acceptors (Lipinski definition) is 6. The van der Waals surface area contributed by atoms with Crippen LogP contribution < -0.4 is 5.32 Å². The van der Waals surface area contributed by atoms with Gasteiger partial charge in [0.25, 0.3) is 5.89 Å². The fraction of sp³-hybridized carbons (Fsp3) is 0.125. The predicted octanol–water partition coefficient (Wildman–Crippen LogP) is 3.90. The van der Waals surface area contributed by atoms with Gasteiger partial charge in [-0.2, -0.15) is 13.2 Å². The molecule has 0 radical (unpaired) electrons. The van der Waals surface area contributed by atoms with E-state index in [9.17, 15) is 21.6 Å². The van der Waals surface area contributed by atoms with Gasteiger partial charge in [0.15, 0.2) is 0 Å². The Labute approximate surface area is 146 Å². The first kappa shape index (κ1) is 17.9. The minimum absolute atomic E-state index is 0.0274. The minimum Gasteiger partial charge on any atom is -0.408 e. The fourth-order valence-electron chi connectivity index (χ4n) is 2.15. The molecule has 0 spiro atoms. The Morgan fingerprint density at radius 1 is 1.00 bits per heavy atom. The third kappa shape index (κ3) is 3.85. The molecule has 0 amide bonds. The molecule has 26 heavy (non-hydrogen) atoms. The fourth-order valence-corrected chi connectivity index (χ4v) is 2.56. The molecular weight excluding hydrogens is 371 g/mol. The van der Waals surface area contributed by atoms with Gasteiger partial charge >= 0.3 is 11.4 Å². The van der Waals surface area contributed by atoms with E-state index in [1.165, 1.54) is 12.1 Å². The highest BCUT2D eigenvalue weighted by Crippen LogP contribution is 2.32. The SMILES string of the molecule is CS(=O)(=O)c1nnc(-c2ccccc2Nc2ccc(C(F)(F)F)cc2)o1. The summed E-state index contributed by atoms with van der Waals surface area (Å²) in [4.78, 5) is 0. The molecule has 10 heteroatoms. The molecule has 0 fully saturated rings. The van der Waals surface area contributed by atoms with Crippen molar-refractivity contribution in [2.75, 3.05) is 11.6 Å². The van der Waals surface area contributed by atoms with Crippen molar-refractivity contribution in [3.8, 4) is 11.5 Å². The Bertz CT molecular complexity index is 1030. The van der Waals surface area contributed by atoms with Crippen molar-refractivity contribution in [2.45, 2.75) is 11.4 Å². The maximum atomic E-state index is 12.6. The Balaban J connectivity index is 1.92. The van der Waals surface area contributed by atoms with E-state index in [-0.39, 0.29) is 5.89 Å². The van der Waals surface area contributed by atoms with Crippen molar-refractivity contribution in [1.82, 2.24) is 10.2 Å². The lowest BCUT2D eigenvalue weighted by atomic mass is 10.1. The Hall–Kier alpha value is -2.88. The molecule has 6 nitrogen and oxygen atoms in total. The number of halogens is 3. The third-order valence-corrected chi connectivity index (χ3v) is 4.17. The Morgan fingerprint density at radius 2 is 1.65 bits per heavy atom. The molecule has 0 bridgehead atoms. The van der Waals surface area contributed by atoms with Gasteiger partial charge in [-0.1, -0.05) is 17.2 Å². The standard InChI is InChI=1S/C16H12F3N3O3S/c1-26(23,24)15-22-21-14(25-15)12-4-2-3-5-13(12)20-11-8-6-10(7-9-11)16(17,18)19/h2-9,20H,1H3. The van der Waals surface area contributed by atoms with E-state index in [1.807, 2.05) is 0 Å². The summed E-state index contributed by atoms with van der Waals surface area (Å²) in [5.74, 6) is -0.0274. The van der Waals surface area contributed by atoms with Gasteiger partial charge in [-0.3, -0.25) is 0 Å². The maximum Gasteiger partial charge on any atom is 0.416 e. The number of anilines is 2. The number of benzene rings is 2. The summed E-state index contributed by atoms with van der Waals surface area (Å²) in [6.07, 6.45) is -3.47. The number of nitrogens with one attached hydrogen (secondary N) is 1. The number of hydrogen-bond donors (Lipinski definition) is 1. The third-order valence-electron chi connectivity index (χ3n) is 3.37. The van der Waals surface area contributed by atoms with E-state index in [4.69, 9.17) is 4.42 Å². The molecule has 0 saturated heterocycles. The minimum atomic E-state index is -4.41. The van der Waals surface area contributed by atoms with Crippen LogP contribution in [0.4, 0.5) is 24.5 Å². The lowest BCUT2D eigenvalue weighted by Crippen LogP contribution is -2.04. The van der Waals surface area contributed by atoms with E-state index >= 15 is 0 Å². The van der Waals surface area contributed by atoms with Crippen LogP contribution in [0.5, 0.6) is 0 Å². The topological polar surface area (TPSA) is 85.1 Å². The largest absolute Gasteiger partial charge is 0.416 e. The van der Waals surface area contributed by atoms with Crippen LogP contribution in [-0.2, 0) is 16.0 Å². The molecule has 3 rings (SSSR count). The number of para-hydroxylation sites is 1. The Morgan fingerprint density at radius 3 is 2.23 bits per heavy atom. The van der Waals surface area contributed by atoms with Crippen molar-refractivity contribution >= 4 is 21.2 Å². The average Bonchev–Trinajstić information content (AvgIpc) is 3.05. The van der Waals surface area contributed by atoms with E-state index in [0.29, 0.717) is 16.9 Å². The summed E-state index contributed by atoms with van der Waals surface area (Å²) in [6, 6.07) is 11.1. The van der Waals surface area contributed by atoms with Crippen molar-refractivity contribution in [3.63, 3.8) is 0 Å². The maximum absolute atomic E-state index is 12.6. The van der Waals surface area contributed by atoms with Crippen LogP contribution in [0.25, 0.3) is 11.5 Å². The van der Waals surface area contributed by atoms with Gasteiger partial charge in [-0.15, -0.1) is 5.10 Å². The number of alkyl halides is 3. The summed E-state index contributed by atoms with van der Waals surface area (Å²) in [7, 11) is -3.65. The molecule has 1 heterocycles. The first-order valence-electron chi connectivity index (χ1n) is 7.22. The van der Waals surface area contributed by atoms with Crippen LogP contribution in [0.15, 0.2) is 58.2 Å². The van der Waals surface area contributed by atoms with Gasteiger partial charge in [0.05, 0.1) is 16.8 Å². The summed E-state index contributed by atoms with van der Waals surface area (Å²) in [5, 5.41) is 9.65. The zero-order valence-electron chi connectivity index (χ0n) is 13.3. The van der Waals surface area contributed by atoms with Crippen LogP contribution in [0, 0.1) is 0 Å². The Kier molecular flexibility index (Phi) is 4.45. The molecule has 2 aromatic carbocycles. The number of rotatable bonds is 4. The molecule has 0 atom stereocenters. The lowest BCUT2D eigenvalue weighted by molar-refractivity contribution is -0.137. The van der Waals surface area contributed by atoms with Crippen LogP contribution in [0.1, 0.15) is 5.56 Å². The second-order valence-electron chi connectivity index (χ2n) is 5.39. The van der Waals surface area contributed by atoms with Gasteiger partial charge in [0.1, 0.15) is 0 Å². The van der Waals surface area contributed by atoms with E-state index in [0.717, 1.165) is 18.4 Å². The number of aromatic nitrogens is 2. The summed E-state index contributed by atoms with van der Waals surface area (Å²) >= 11 is 0. The van der Waals surface area contributed by atoms with Gasteiger partial charge in [0.2, 0.25) is 9.84 Å². The molecular formula is C16H12F3N3O3S. The van der Waals surface area contributed by atoms with Crippen LogP contribution >= 0.6 is 0 Å². The van der Waals surface area contributed by atoms with Crippen LogP contribution in [0.3, 0.4) is 0 Å². The molecule has 0 aliphatic heterocycles. The smallest absolute Gasteiger partial charge is 0.408 e. The molecule has 0 saturated carbocycles. The quantitative estimate of drug-likeness (QED) is 0.735. The van der Waals surface area contributed by atoms with Crippen molar-refractivity contribution < 1.29 is 26.0 Å². The second-order valence-corrected chi connectivity index (χ2v) is 7.28. The molecule has 0 aliphatic rings. The molecule has 0 unspecified atom stereocenters. The zero-order valence-corrected chi connectivity index (χ0v) is 14.1. The summed E-state index contributed by atoms with van der Waals surface area (Å²) in [5.41, 5.74) is 0.532. The highest BCUT2D eigenvalue weighted by molar-refractivity contribution is 7.90. The predicted molar refractivity (Wildman–Crippen MR) is 87.6 cm³/mol. The van der Waals surface area contributed by atoms with Crippen molar-refractivity contribution in [2.24, 2.45) is 0 Å². The van der Waals surface area contributed by atoms with E-state index in [1.54, 1.807) is 24.3 Å². The number of sulfone groups is 1. The van der Waals surface area contributed by atoms with Crippen LogP contribution in [-0.4, -0.2) is 24.9 Å². The molecule has 136 valence electrons.